The molecule has 1 saturated heterocycles. The molecular weight excluding hydrogens is 562 g/mol. The SMILES string of the molecule is COc1c(CN2O[C@@H](CO)[C@@H](CO)[C@H]2C(=O)N=CC2C[C@H]3C[C@@H]([C@@H]2C)C3(C)C)cccc1-c1cc(C(=O)O)cc(N(C)C)c1. The molecule has 10 heteroatoms. The number of carboxylic acids is 1. The first kappa shape index (κ1) is 32.1. The average molecular weight is 608 g/mol. The van der Waals surface area contributed by atoms with Gasteiger partial charge in [-0.05, 0) is 65.7 Å². The summed E-state index contributed by atoms with van der Waals surface area (Å²) in [6.45, 7) is 6.33. The third-order valence-electron chi connectivity index (χ3n) is 10.5. The molecule has 10 nitrogen and oxygen atoms in total. The molecule has 0 aromatic heterocycles. The van der Waals surface area contributed by atoms with Gasteiger partial charge >= 0.3 is 5.97 Å². The number of methoxy groups -OCH3 is 1. The van der Waals surface area contributed by atoms with Crippen molar-refractivity contribution < 1.29 is 34.5 Å². The number of ether oxygens (including phenoxy) is 1. The molecule has 2 aromatic rings. The number of nitrogens with zero attached hydrogens (tertiary/aromatic N) is 3. The van der Waals surface area contributed by atoms with Crippen molar-refractivity contribution in [2.24, 2.45) is 40.0 Å². The second-order valence-corrected chi connectivity index (χ2v) is 13.4. The molecule has 1 unspecified atom stereocenters. The lowest BCUT2D eigenvalue weighted by molar-refractivity contribution is -0.180. The van der Waals surface area contributed by atoms with E-state index in [-0.39, 0.29) is 31.2 Å². The monoisotopic (exact) mass is 607 g/mol. The predicted molar refractivity (Wildman–Crippen MR) is 168 cm³/mol. The quantitative estimate of drug-likeness (QED) is 0.341. The van der Waals surface area contributed by atoms with E-state index in [2.05, 4.69) is 25.8 Å². The fraction of sp³-hybridized carbons (Fsp3) is 0.559. The maximum absolute atomic E-state index is 13.7. The van der Waals surface area contributed by atoms with Gasteiger partial charge in [-0.1, -0.05) is 39.0 Å². The van der Waals surface area contributed by atoms with E-state index in [1.807, 2.05) is 43.3 Å². The Labute approximate surface area is 259 Å². The van der Waals surface area contributed by atoms with Gasteiger partial charge in [0.15, 0.2) is 0 Å². The summed E-state index contributed by atoms with van der Waals surface area (Å²) < 4.78 is 5.86. The van der Waals surface area contributed by atoms with Gasteiger partial charge in [0, 0.05) is 43.0 Å². The number of benzene rings is 2. The first-order valence-electron chi connectivity index (χ1n) is 15.4. The van der Waals surface area contributed by atoms with E-state index in [0.29, 0.717) is 45.6 Å². The van der Waals surface area contributed by atoms with Gasteiger partial charge in [-0.2, -0.15) is 5.06 Å². The number of aliphatic hydroxyl groups is 2. The number of aliphatic hydroxyl groups excluding tert-OH is 2. The fourth-order valence-electron chi connectivity index (χ4n) is 7.69. The molecule has 6 rings (SSSR count). The number of carbonyl (C=O) groups is 2. The summed E-state index contributed by atoms with van der Waals surface area (Å²) in [7, 11) is 5.23. The van der Waals surface area contributed by atoms with Gasteiger partial charge in [-0.25, -0.2) is 9.79 Å². The normalized spacial score (nSPS) is 29.4. The molecule has 2 bridgehead atoms. The fourth-order valence-corrected chi connectivity index (χ4v) is 7.69. The van der Waals surface area contributed by atoms with Gasteiger partial charge in [-0.3, -0.25) is 9.63 Å². The molecule has 3 saturated carbocycles. The molecule has 44 heavy (non-hydrogen) atoms. The van der Waals surface area contributed by atoms with Crippen molar-refractivity contribution in [1.29, 1.82) is 0 Å². The minimum Gasteiger partial charge on any atom is -0.496 e. The summed E-state index contributed by atoms with van der Waals surface area (Å²) in [5.41, 5.74) is 3.24. The molecule has 4 aliphatic rings. The lowest BCUT2D eigenvalue weighted by Crippen LogP contribution is -2.55. The van der Waals surface area contributed by atoms with Crippen LogP contribution in [-0.4, -0.2) is 85.0 Å². The second-order valence-electron chi connectivity index (χ2n) is 13.4. The van der Waals surface area contributed by atoms with Crippen LogP contribution in [0.2, 0.25) is 0 Å². The van der Waals surface area contributed by atoms with Crippen LogP contribution in [0.25, 0.3) is 11.1 Å². The number of carboxylic acid groups (broad SMARTS) is 1. The Kier molecular flexibility index (Phi) is 9.18. The Morgan fingerprint density at radius 3 is 2.50 bits per heavy atom. The van der Waals surface area contributed by atoms with Gasteiger partial charge in [0.1, 0.15) is 17.9 Å². The highest BCUT2D eigenvalue weighted by molar-refractivity contribution is 5.92. The molecule has 1 heterocycles. The van der Waals surface area contributed by atoms with Crippen molar-refractivity contribution in [3.05, 3.63) is 47.5 Å². The summed E-state index contributed by atoms with van der Waals surface area (Å²) in [5.74, 6) is 0.299. The topological polar surface area (TPSA) is 132 Å². The Morgan fingerprint density at radius 2 is 1.91 bits per heavy atom. The maximum atomic E-state index is 13.7. The molecule has 0 radical (unpaired) electrons. The van der Waals surface area contributed by atoms with E-state index in [4.69, 9.17) is 9.57 Å². The van der Waals surface area contributed by atoms with E-state index in [9.17, 15) is 24.9 Å². The Bertz CT molecular complexity index is 1420. The van der Waals surface area contributed by atoms with Crippen LogP contribution in [0.4, 0.5) is 5.69 Å². The first-order chi connectivity index (χ1) is 20.9. The van der Waals surface area contributed by atoms with Gasteiger partial charge < -0.3 is 25.0 Å². The number of hydroxylamine groups is 2. The van der Waals surface area contributed by atoms with Crippen molar-refractivity contribution in [3.63, 3.8) is 0 Å². The zero-order valence-corrected chi connectivity index (χ0v) is 26.4. The molecule has 1 amide bonds. The molecule has 3 aliphatic carbocycles. The number of aromatic carboxylic acids is 1. The van der Waals surface area contributed by atoms with Crippen molar-refractivity contribution in [3.8, 4) is 16.9 Å². The van der Waals surface area contributed by atoms with E-state index in [1.165, 1.54) is 18.6 Å². The smallest absolute Gasteiger partial charge is 0.335 e. The summed E-state index contributed by atoms with van der Waals surface area (Å²) in [4.78, 5) is 37.9. The molecule has 2 aromatic carbocycles. The summed E-state index contributed by atoms with van der Waals surface area (Å²) in [6, 6.07) is 9.74. The Hall–Kier alpha value is -3.31. The zero-order chi connectivity index (χ0) is 31.9. The number of rotatable bonds is 10. The minimum absolute atomic E-state index is 0.118. The number of amides is 1. The van der Waals surface area contributed by atoms with Crippen molar-refractivity contribution >= 4 is 23.8 Å². The second kappa shape index (κ2) is 12.6. The largest absolute Gasteiger partial charge is 0.496 e. The van der Waals surface area contributed by atoms with Crippen LogP contribution in [0, 0.1) is 35.0 Å². The van der Waals surface area contributed by atoms with Crippen LogP contribution in [0.3, 0.4) is 0 Å². The minimum atomic E-state index is -1.04. The third-order valence-corrected chi connectivity index (χ3v) is 10.5. The lowest BCUT2D eigenvalue weighted by atomic mass is 9.43. The van der Waals surface area contributed by atoms with Crippen LogP contribution < -0.4 is 9.64 Å². The predicted octanol–water partition coefficient (Wildman–Crippen LogP) is 4.13. The molecule has 238 valence electrons. The van der Waals surface area contributed by atoms with Crippen LogP contribution in [0.5, 0.6) is 5.75 Å². The first-order valence-corrected chi connectivity index (χ1v) is 15.4. The number of hydrogen-bond donors (Lipinski definition) is 3. The third kappa shape index (κ3) is 5.76. The number of carbonyl (C=O) groups excluding carboxylic acids is 1. The molecule has 4 fully saturated rings. The van der Waals surface area contributed by atoms with Crippen LogP contribution in [0.1, 0.15) is 49.5 Å². The molecular formula is C34H45N3O7. The van der Waals surface area contributed by atoms with Gasteiger partial charge in [0.25, 0.3) is 5.91 Å². The molecule has 0 spiro atoms. The number of para-hydroxylation sites is 1. The van der Waals surface area contributed by atoms with Crippen molar-refractivity contribution in [2.75, 3.05) is 39.3 Å². The van der Waals surface area contributed by atoms with Crippen LogP contribution in [-0.2, 0) is 16.2 Å². The number of aliphatic imine (C=N–C) groups is 1. The van der Waals surface area contributed by atoms with E-state index in [1.54, 1.807) is 18.3 Å². The van der Waals surface area contributed by atoms with Crippen molar-refractivity contribution in [2.45, 2.75) is 52.3 Å². The van der Waals surface area contributed by atoms with Crippen LogP contribution >= 0.6 is 0 Å². The standard InChI is InChI=1S/C34H45N3O7/c1-19-23(11-24-14-28(19)34(24,2)3)15-35-32(40)30-27(17-38)29(18-39)44-37(30)16-20-8-7-9-26(31(20)43-6)21-10-22(33(41)42)13-25(12-21)36(4)5/h7-10,12-13,15,19,23-24,27-30,38-39H,11,14,16-18H2,1-6H3,(H,41,42)/t19-,23?,24+,27-,28+,29+,30+/m1/s1. The molecule has 1 aliphatic heterocycles. The molecule has 7 atom stereocenters. The van der Waals surface area contributed by atoms with Crippen molar-refractivity contribution in [1.82, 2.24) is 5.06 Å². The molecule has 3 N–H and O–H groups in total. The highest BCUT2D eigenvalue weighted by Crippen LogP contribution is 2.62. The number of anilines is 1. The number of hydrogen-bond acceptors (Lipinski definition) is 8. The van der Waals surface area contributed by atoms with E-state index >= 15 is 0 Å². The lowest BCUT2D eigenvalue weighted by Gasteiger charge is -2.61. The highest BCUT2D eigenvalue weighted by atomic mass is 16.7. The highest BCUT2D eigenvalue weighted by Gasteiger charge is 2.56. The van der Waals surface area contributed by atoms with E-state index in [0.717, 1.165) is 12.1 Å². The van der Waals surface area contributed by atoms with Gasteiger partial charge in [0.2, 0.25) is 0 Å². The van der Waals surface area contributed by atoms with Gasteiger partial charge in [-0.15, -0.1) is 0 Å². The Balaban J connectivity index is 1.43. The number of fused-ring (bicyclic) bond motifs is 2. The summed E-state index contributed by atoms with van der Waals surface area (Å²) in [6.07, 6.45) is 3.28. The zero-order valence-electron chi connectivity index (χ0n) is 26.4. The van der Waals surface area contributed by atoms with Gasteiger partial charge in [0.05, 0.1) is 32.4 Å². The Morgan fingerprint density at radius 1 is 1.16 bits per heavy atom. The summed E-state index contributed by atoms with van der Waals surface area (Å²) in [5, 5.41) is 31.5. The summed E-state index contributed by atoms with van der Waals surface area (Å²) >= 11 is 0. The average Bonchev–Trinajstić information content (AvgIpc) is 3.36. The van der Waals surface area contributed by atoms with E-state index < -0.39 is 29.9 Å². The maximum Gasteiger partial charge on any atom is 0.335 e. The van der Waals surface area contributed by atoms with Crippen LogP contribution in [0.15, 0.2) is 41.4 Å².